The van der Waals surface area contributed by atoms with Crippen LogP contribution >= 0.6 is 0 Å². The third kappa shape index (κ3) is 4.42. The van der Waals surface area contributed by atoms with E-state index in [1.807, 2.05) is 24.4 Å². The molecule has 1 N–H and O–H groups in total. The van der Waals surface area contributed by atoms with Gasteiger partial charge in [-0.2, -0.15) is 0 Å². The van der Waals surface area contributed by atoms with Crippen LogP contribution in [0, 0.1) is 12.8 Å². The van der Waals surface area contributed by atoms with Crippen molar-refractivity contribution in [3.63, 3.8) is 0 Å². The number of hydrogen-bond donors (Lipinski definition) is 1. The van der Waals surface area contributed by atoms with Crippen LogP contribution in [0.15, 0.2) is 47.5 Å². The monoisotopic (exact) mass is 346 g/mol. The van der Waals surface area contributed by atoms with Gasteiger partial charge in [-0.15, -0.1) is 0 Å². The quantitative estimate of drug-likeness (QED) is 0.863. The second-order valence-electron chi connectivity index (χ2n) is 6.66. The molecule has 4 nitrogen and oxygen atoms in total. The Bertz CT molecular complexity index is 783. The van der Waals surface area contributed by atoms with Gasteiger partial charge >= 0.3 is 0 Å². The van der Waals surface area contributed by atoms with Gasteiger partial charge in [-0.3, -0.25) is 4.98 Å². The molecule has 2 unspecified atom stereocenters. The molecule has 0 amide bonds. The Morgan fingerprint density at radius 3 is 2.17 bits per heavy atom. The summed E-state index contributed by atoms with van der Waals surface area (Å²) in [4.78, 5) is 4.90. The van der Waals surface area contributed by atoms with Crippen molar-refractivity contribution in [2.24, 2.45) is 5.92 Å². The predicted octanol–water partition coefficient (Wildman–Crippen LogP) is 3.84. The van der Waals surface area contributed by atoms with Crippen LogP contribution < -0.4 is 5.32 Å². The highest BCUT2D eigenvalue weighted by Crippen LogP contribution is 2.27. The molecule has 0 saturated heterocycles. The minimum absolute atomic E-state index is 0.0902. The topological polar surface area (TPSA) is 59.1 Å². The molecule has 0 radical (unpaired) electrons. The number of sulfone groups is 1. The number of nitrogens with zero attached hydrogens (tertiary/aromatic N) is 1. The summed E-state index contributed by atoms with van der Waals surface area (Å²) in [6, 6.07) is 11.3. The van der Waals surface area contributed by atoms with Crippen LogP contribution in [-0.4, -0.2) is 19.7 Å². The third-order valence-corrected chi connectivity index (χ3v) is 5.38. The van der Waals surface area contributed by atoms with Crippen LogP contribution in [0.4, 0.5) is 0 Å². The first-order valence-corrected chi connectivity index (χ1v) is 10.1. The van der Waals surface area contributed by atoms with Gasteiger partial charge in [0, 0.05) is 18.5 Å². The summed E-state index contributed by atoms with van der Waals surface area (Å²) >= 11 is 0. The summed E-state index contributed by atoms with van der Waals surface area (Å²) in [7, 11) is -3.16. The van der Waals surface area contributed by atoms with E-state index in [0.717, 1.165) is 11.3 Å². The highest BCUT2D eigenvalue weighted by Gasteiger charge is 2.21. The maximum absolute atomic E-state index is 11.6. The van der Waals surface area contributed by atoms with Gasteiger partial charge in [0.2, 0.25) is 0 Å². The number of hydrogen-bond acceptors (Lipinski definition) is 4. The Balaban J connectivity index is 2.22. The average molecular weight is 346 g/mol. The minimum Gasteiger partial charge on any atom is -0.302 e. The molecule has 0 spiro atoms. The van der Waals surface area contributed by atoms with Crippen molar-refractivity contribution in [2.75, 3.05) is 6.26 Å². The van der Waals surface area contributed by atoms with E-state index in [2.05, 4.69) is 44.1 Å². The second kappa shape index (κ2) is 7.45. The minimum atomic E-state index is -3.16. The molecule has 1 aromatic carbocycles. The molecule has 0 aliphatic rings. The third-order valence-electron chi connectivity index (χ3n) is 4.25. The van der Waals surface area contributed by atoms with E-state index in [9.17, 15) is 8.42 Å². The number of aromatic nitrogens is 1. The number of rotatable bonds is 6. The van der Waals surface area contributed by atoms with E-state index in [-0.39, 0.29) is 12.1 Å². The molecule has 24 heavy (non-hydrogen) atoms. The SMILES string of the molecule is Cc1cccnc1C(NC(C)c1ccc(S(C)(=O)=O)cc1)C(C)C. The molecule has 130 valence electrons. The van der Waals surface area contributed by atoms with Gasteiger partial charge in [-0.25, -0.2) is 8.42 Å². The van der Waals surface area contributed by atoms with Crippen LogP contribution in [0.5, 0.6) is 0 Å². The van der Waals surface area contributed by atoms with Crippen LogP contribution in [0.1, 0.15) is 49.7 Å². The highest BCUT2D eigenvalue weighted by molar-refractivity contribution is 7.90. The molecule has 0 bridgehead atoms. The normalized spacial score (nSPS) is 14.6. The van der Waals surface area contributed by atoms with Gasteiger partial charge in [0.25, 0.3) is 0 Å². The first-order chi connectivity index (χ1) is 11.2. The molecule has 2 rings (SSSR count). The Kier molecular flexibility index (Phi) is 5.78. The van der Waals surface area contributed by atoms with E-state index in [0.29, 0.717) is 10.8 Å². The Labute approximate surface area is 145 Å². The van der Waals surface area contributed by atoms with E-state index in [1.54, 1.807) is 12.1 Å². The van der Waals surface area contributed by atoms with Crippen LogP contribution in [0.2, 0.25) is 0 Å². The fourth-order valence-electron chi connectivity index (χ4n) is 2.78. The summed E-state index contributed by atoms with van der Waals surface area (Å²) in [6.07, 6.45) is 3.05. The van der Waals surface area contributed by atoms with Gasteiger partial charge < -0.3 is 5.32 Å². The molecule has 5 heteroatoms. The smallest absolute Gasteiger partial charge is 0.175 e. The van der Waals surface area contributed by atoms with Gasteiger partial charge in [0.05, 0.1) is 16.6 Å². The standard InChI is InChI=1S/C19H26N2O2S/c1-13(2)18(19-14(3)7-6-12-20-19)21-15(4)16-8-10-17(11-9-16)24(5,22)23/h6-13,15,18,21H,1-5H3. The highest BCUT2D eigenvalue weighted by atomic mass is 32.2. The summed E-state index contributed by atoms with van der Waals surface area (Å²) in [5, 5.41) is 3.64. The maximum Gasteiger partial charge on any atom is 0.175 e. The van der Waals surface area contributed by atoms with E-state index in [1.165, 1.54) is 11.8 Å². The van der Waals surface area contributed by atoms with Crippen LogP contribution in [-0.2, 0) is 9.84 Å². The molecule has 2 aromatic rings. The zero-order valence-electron chi connectivity index (χ0n) is 14.9. The first-order valence-electron chi connectivity index (χ1n) is 8.17. The molecule has 2 atom stereocenters. The van der Waals surface area contributed by atoms with Crippen molar-refractivity contribution in [1.29, 1.82) is 0 Å². The van der Waals surface area contributed by atoms with Crippen LogP contribution in [0.25, 0.3) is 0 Å². The molecule has 0 saturated carbocycles. The molecular formula is C19H26N2O2S. The predicted molar refractivity (Wildman–Crippen MR) is 97.7 cm³/mol. The molecular weight excluding hydrogens is 320 g/mol. The lowest BCUT2D eigenvalue weighted by molar-refractivity contribution is 0.366. The number of nitrogens with one attached hydrogen (secondary N) is 1. The molecule has 1 heterocycles. The zero-order valence-corrected chi connectivity index (χ0v) is 15.8. The molecule has 0 aliphatic carbocycles. The Hall–Kier alpha value is -1.72. The van der Waals surface area contributed by atoms with Crippen molar-refractivity contribution in [3.05, 3.63) is 59.4 Å². The van der Waals surface area contributed by atoms with Crippen molar-refractivity contribution in [2.45, 2.75) is 44.7 Å². The maximum atomic E-state index is 11.6. The van der Waals surface area contributed by atoms with Crippen molar-refractivity contribution in [1.82, 2.24) is 10.3 Å². The lowest BCUT2D eigenvalue weighted by Crippen LogP contribution is -2.29. The summed E-state index contributed by atoms with van der Waals surface area (Å²) < 4.78 is 23.2. The lowest BCUT2D eigenvalue weighted by Gasteiger charge is -2.27. The summed E-state index contributed by atoms with van der Waals surface area (Å²) in [5.74, 6) is 0.386. The molecule has 1 aromatic heterocycles. The summed E-state index contributed by atoms with van der Waals surface area (Å²) in [5.41, 5.74) is 3.29. The van der Waals surface area contributed by atoms with E-state index < -0.39 is 9.84 Å². The number of pyridine rings is 1. The van der Waals surface area contributed by atoms with Gasteiger partial charge in [0.1, 0.15) is 0 Å². The Morgan fingerprint density at radius 1 is 1.04 bits per heavy atom. The average Bonchev–Trinajstić information content (AvgIpc) is 2.52. The van der Waals surface area contributed by atoms with Crippen LogP contribution in [0.3, 0.4) is 0 Å². The van der Waals surface area contributed by atoms with Crippen molar-refractivity contribution in [3.8, 4) is 0 Å². The zero-order chi connectivity index (χ0) is 17.9. The van der Waals surface area contributed by atoms with Gasteiger partial charge in [-0.1, -0.05) is 32.0 Å². The van der Waals surface area contributed by atoms with E-state index >= 15 is 0 Å². The first kappa shape index (κ1) is 18.6. The van der Waals surface area contributed by atoms with Crippen molar-refractivity contribution < 1.29 is 8.42 Å². The van der Waals surface area contributed by atoms with Gasteiger partial charge in [-0.05, 0) is 49.1 Å². The van der Waals surface area contributed by atoms with E-state index in [4.69, 9.17) is 0 Å². The fraction of sp³-hybridized carbons (Fsp3) is 0.421. The largest absolute Gasteiger partial charge is 0.302 e. The van der Waals surface area contributed by atoms with Gasteiger partial charge in [0.15, 0.2) is 9.84 Å². The number of benzene rings is 1. The lowest BCUT2D eigenvalue weighted by atomic mass is 9.95. The fourth-order valence-corrected chi connectivity index (χ4v) is 3.41. The summed E-state index contributed by atoms with van der Waals surface area (Å²) in [6.45, 7) is 8.50. The molecule has 0 fully saturated rings. The second-order valence-corrected chi connectivity index (χ2v) is 8.67. The Morgan fingerprint density at radius 2 is 1.67 bits per heavy atom. The number of aryl methyl sites for hydroxylation is 1. The molecule has 0 aliphatic heterocycles. The van der Waals surface area contributed by atoms with Crippen molar-refractivity contribution >= 4 is 9.84 Å².